The number of ether oxygens (including phenoxy) is 1. The summed E-state index contributed by atoms with van der Waals surface area (Å²) >= 11 is 13.9. The largest absolute Gasteiger partial charge is 0.445 e. The molecule has 0 radical (unpaired) electrons. The Hall–Kier alpha value is -2.09. The summed E-state index contributed by atoms with van der Waals surface area (Å²) in [4.78, 5) is 18.7. The Morgan fingerprint density at radius 1 is 1.31 bits per heavy atom. The first kappa shape index (κ1) is 21.6. The summed E-state index contributed by atoms with van der Waals surface area (Å²) in [6, 6.07) is 11.1. The number of pyridine rings is 1. The minimum atomic E-state index is -0.831. The van der Waals surface area contributed by atoms with Gasteiger partial charge in [-0.15, -0.1) is 0 Å². The minimum Gasteiger partial charge on any atom is -0.445 e. The Labute approximate surface area is 184 Å². The fraction of sp³-hybridized carbons (Fsp3) is 0.300. The number of nitrogens with zero attached hydrogens (tertiary/aromatic N) is 2. The van der Waals surface area contributed by atoms with Crippen LogP contribution in [0.3, 0.4) is 0 Å². The standard InChI is InChI=1S/C20H22Cl2N4O2S/c1-12(2)17-18(29-15-9-13(21)8-14(22)10-15)26(16-6-4-5-7-24-16)20(3,25-17)11-28-19(23)27/h4-10,12,25H,11H2,1-3H3,(H2,23,27). The minimum absolute atomic E-state index is 0.0372. The number of aromatic nitrogens is 1. The quantitative estimate of drug-likeness (QED) is 0.624. The predicted molar refractivity (Wildman–Crippen MR) is 118 cm³/mol. The molecular formula is C20H22Cl2N4O2S. The molecule has 1 aliphatic rings. The van der Waals surface area contributed by atoms with Gasteiger partial charge < -0.3 is 15.8 Å². The van der Waals surface area contributed by atoms with Crippen molar-refractivity contribution in [2.45, 2.75) is 31.3 Å². The first-order chi connectivity index (χ1) is 13.7. The van der Waals surface area contributed by atoms with Crippen molar-refractivity contribution in [3.63, 3.8) is 0 Å². The maximum absolute atomic E-state index is 11.3. The zero-order chi connectivity index (χ0) is 21.2. The number of hydrogen-bond acceptors (Lipinski definition) is 6. The first-order valence-corrected chi connectivity index (χ1v) is 10.6. The lowest BCUT2D eigenvalue weighted by Crippen LogP contribution is -2.55. The molecule has 154 valence electrons. The van der Waals surface area contributed by atoms with E-state index in [2.05, 4.69) is 24.1 Å². The van der Waals surface area contributed by atoms with Crippen molar-refractivity contribution in [2.24, 2.45) is 11.7 Å². The Morgan fingerprint density at radius 3 is 2.55 bits per heavy atom. The molecule has 0 spiro atoms. The topological polar surface area (TPSA) is 80.5 Å². The van der Waals surface area contributed by atoms with Crippen LogP contribution in [0.5, 0.6) is 0 Å². The number of thioether (sulfide) groups is 1. The first-order valence-electron chi connectivity index (χ1n) is 8.99. The van der Waals surface area contributed by atoms with Crippen molar-refractivity contribution < 1.29 is 9.53 Å². The number of anilines is 1. The summed E-state index contributed by atoms with van der Waals surface area (Å²) < 4.78 is 5.17. The fourth-order valence-electron chi connectivity index (χ4n) is 3.09. The van der Waals surface area contributed by atoms with E-state index in [0.29, 0.717) is 15.9 Å². The van der Waals surface area contributed by atoms with E-state index < -0.39 is 11.8 Å². The second kappa shape index (κ2) is 8.73. The van der Waals surface area contributed by atoms with E-state index in [-0.39, 0.29) is 12.5 Å². The van der Waals surface area contributed by atoms with E-state index in [1.807, 2.05) is 42.2 Å². The number of nitrogens with one attached hydrogen (secondary N) is 1. The van der Waals surface area contributed by atoms with Gasteiger partial charge in [0, 0.05) is 26.8 Å². The van der Waals surface area contributed by atoms with Gasteiger partial charge >= 0.3 is 6.09 Å². The molecule has 1 aromatic carbocycles. The van der Waals surface area contributed by atoms with Crippen LogP contribution in [-0.2, 0) is 4.74 Å². The molecule has 1 atom stereocenters. The van der Waals surface area contributed by atoms with E-state index in [1.54, 1.807) is 12.3 Å². The third-order valence-corrected chi connectivity index (χ3v) is 5.84. The number of hydrogen-bond donors (Lipinski definition) is 2. The highest BCUT2D eigenvalue weighted by Gasteiger charge is 2.45. The summed E-state index contributed by atoms with van der Waals surface area (Å²) in [5.74, 6) is 0.885. The molecule has 2 heterocycles. The highest BCUT2D eigenvalue weighted by molar-refractivity contribution is 8.03. The molecule has 1 aliphatic heterocycles. The smallest absolute Gasteiger partial charge is 0.404 e. The third kappa shape index (κ3) is 4.91. The summed E-state index contributed by atoms with van der Waals surface area (Å²) in [7, 11) is 0. The number of primary amides is 1. The Balaban J connectivity index is 2.08. The molecule has 3 N–H and O–H groups in total. The van der Waals surface area contributed by atoms with Gasteiger partial charge in [-0.3, -0.25) is 4.90 Å². The van der Waals surface area contributed by atoms with Crippen LogP contribution in [0.25, 0.3) is 0 Å². The van der Waals surface area contributed by atoms with Gasteiger partial charge in [0.1, 0.15) is 23.1 Å². The summed E-state index contributed by atoms with van der Waals surface area (Å²) in [6.07, 6.45) is 0.888. The maximum Gasteiger partial charge on any atom is 0.404 e. The molecule has 9 heteroatoms. The Kier molecular flexibility index (Phi) is 6.51. The zero-order valence-corrected chi connectivity index (χ0v) is 18.6. The van der Waals surface area contributed by atoms with Gasteiger partial charge in [-0.05, 0) is 43.2 Å². The van der Waals surface area contributed by atoms with Crippen molar-refractivity contribution in [2.75, 3.05) is 11.5 Å². The molecule has 2 aromatic rings. The van der Waals surface area contributed by atoms with Crippen LogP contribution in [0.2, 0.25) is 10.0 Å². The number of carbonyl (C=O) groups excluding carboxylic acids is 1. The van der Waals surface area contributed by atoms with E-state index in [4.69, 9.17) is 33.7 Å². The van der Waals surface area contributed by atoms with E-state index in [9.17, 15) is 4.79 Å². The number of nitrogens with two attached hydrogens (primary N) is 1. The molecule has 6 nitrogen and oxygen atoms in total. The molecular weight excluding hydrogens is 431 g/mol. The maximum atomic E-state index is 11.3. The van der Waals surface area contributed by atoms with Crippen molar-refractivity contribution in [1.82, 2.24) is 10.3 Å². The van der Waals surface area contributed by atoms with E-state index in [0.717, 1.165) is 15.6 Å². The highest BCUT2D eigenvalue weighted by atomic mass is 35.5. The van der Waals surface area contributed by atoms with Crippen molar-refractivity contribution >= 4 is 46.9 Å². The monoisotopic (exact) mass is 452 g/mol. The van der Waals surface area contributed by atoms with Gasteiger partial charge in [0.25, 0.3) is 0 Å². The molecule has 3 rings (SSSR count). The number of halogens is 2. The van der Waals surface area contributed by atoms with Gasteiger partial charge in [0.15, 0.2) is 0 Å². The number of amides is 1. The average Bonchev–Trinajstić information content (AvgIpc) is 2.93. The molecule has 29 heavy (non-hydrogen) atoms. The highest BCUT2D eigenvalue weighted by Crippen LogP contribution is 2.44. The van der Waals surface area contributed by atoms with Crippen LogP contribution in [0.15, 0.2) is 58.2 Å². The SMILES string of the molecule is CC(C)C1=C(Sc2cc(Cl)cc(Cl)c2)N(c2ccccn2)C(C)(COC(N)=O)N1. The molecule has 1 unspecified atom stereocenters. The summed E-state index contributed by atoms with van der Waals surface area (Å²) in [6.45, 7) is 6.15. The lowest BCUT2D eigenvalue weighted by Gasteiger charge is -2.36. The van der Waals surface area contributed by atoms with Gasteiger partial charge in [-0.25, -0.2) is 9.78 Å². The Morgan fingerprint density at radius 2 is 2.00 bits per heavy atom. The third-order valence-electron chi connectivity index (χ3n) is 4.33. The van der Waals surface area contributed by atoms with Gasteiger partial charge in [-0.1, -0.05) is 54.9 Å². The van der Waals surface area contributed by atoms with Crippen LogP contribution in [0, 0.1) is 5.92 Å². The van der Waals surface area contributed by atoms with Crippen LogP contribution in [0.1, 0.15) is 20.8 Å². The second-order valence-electron chi connectivity index (χ2n) is 7.11. The fourth-order valence-corrected chi connectivity index (χ4v) is 5.12. The number of allylic oxidation sites excluding steroid dienone is 1. The van der Waals surface area contributed by atoms with Crippen molar-refractivity contribution in [3.8, 4) is 0 Å². The van der Waals surface area contributed by atoms with Gasteiger partial charge in [0.05, 0.1) is 0 Å². The van der Waals surface area contributed by atoms with Crippen LogP contribution >= 0.6 is 35.0 Å². The molecule has 1 amide bonds. The number of benzene rings is 1. The van der Waals surface area contributed by atoms with E-state index in [1.165, 1.54) is 11.8 Å². The molecule has 1 aromatic heterocycles. The van der Waals surface area contributed by atoms with Crippen molar-refractivity contribution in [3.05, 3.63) is 63.4 Å². The average molecular weight is 453 g/mol. The van der Waals surface area contributed by atoms with Crippen LogP contribution in [0.4, 0.5) is 10.6 Å². The molecule has 0 saturated heterocycles. The van der Waals surface area contributed by atoms with Crippen molar-refractivity contribution in [1.29, 1.82) is 0 Å². The molecule has 0 bridgehead atoms. The zero-order valence-electron chi connectivity index (χ0n) is 16.3. The normalized spacial score (nSPS) is 18.9. The number of rotatable bonds is 6. The molecule has 0 fully saturated rings. The lowest BCUT2D eigenvalue weighted by atomic mass is 10.1. The van der Waals surface area contributed by atoms with Gasteiger partial charge in [-0.2, -0.15) is 0 Å². The summed E-state index contributed by atoms with van der Waals surface area (Å²) in [5.41, 5.74) is 5.45. The predicted octanol–water partition coefficient (Wildman–Crippen LogP) is 5.23. The molecule has 0 saturated carbocycles. The van der Waals surface area contributed by atoms with Crippen LogP contribution < -0.4 is 16.0 Å². The number of carbonyl (C=O) groups is 1. The molecule has 0 aliphatic carbocycles. The summed E-state index contributed by atoms with van der Waals surface area (Å²) in [5, 5.41) is 5.55. The lowest BCUT2D eigenvalue weighted by molar-refractivity contribution is 0.124. The second-order valence-corrected chi connectivity index (χ2v) is 9.05. The van der Waals surface area contributed by atoms with E-state index >= 15 is 0 Å². The van der Waals surface area contributed by atoms with Crippen LogP contribution in [-0.4, -0.2) is 23.3 Å². The van der Waals surface area contributed by atoms with Gasteiger partial charge in [0.2, 0.25) is 0 Å². The Bertz CT molecular complexity index is 919.